The number of nitrogens with one attached hydrogen (secondary N) is 1. The highest BCUT2D eigenvalue weighted by molar-refractivity contribution is 5.87. The maximum atomic E-state index is 12.1. The van der Waals surface area contributed by atoms with E-state index in [-0.39, 0.29) is 24.9 Å². The third-order valence-corrected chi connectivity index (χ3v) is 5.07. The summed E-state index contributed by atoms with van der Waals surface area (Å²) in [5.41, 5.74) is 0. The van der Waals surface area contributed by atoms with Crippen LogP contribution in [-0.4, -0.2) is 34.7 Å². The highest BCUT2D eigenvalue weighted by atomic mass is 16.4. The minimum Gasteiger partial charge on any atom is -0.480 e. The zero-order valence-electron chi connectivity index (χ0n) is 10.2. The molecule has 100 valence electrons. The normalized spacial score (nSPS) is 41.3. The second kappa shape index (κ2) is 4.23. The van der Waals surface area contributed by atoms with Gasteiger partial charge < -0.3 is 15.5 Å². The van der Waals surface area contributed by atoms with Crippen LogP contribution in [0.3, 0.4) is 0 Å². The number of carboxylic acid groups (broad SMARTS) is 1. The van der Waals surface area contributed by atoms with Crippen LogP contribution in [0.15, 0.2) is 0 Å². The van der Waals surface area contributed by atoms with E-state index >= 15 is 0 Å². The lowest BCUT2D eigenvalue weighted by molar-refractivity contribution is -0.142. The minimum atomic E-state index is -1.06. The molecule has 3 N–H and O–H groups in total. The molecule has 0 heterocycles. The molecular formula is C13H19NO4. The first-order valence-electron chi connectivity index (χ1n) is 6.77. The number of aliphatic hydroxyl groups excluding tert-OH is 1. The van der Waals surface area contributed by atoms with Gasteiger partial charge in [0.1, 0.15) is 6.04 Å². The Morgan fingerprint density at radius 2 is 1.83 bits per heavy atom. The highest BCUT2D eigenvalue weighted by Gasteiger charge is 2.67. The number of hydrogen-bond acceptors (Lipinski definition) is 3. The van der Waals surface area contributed by atoms with Crippen molar-refractivity contribution in [2.24, 2.45) is 29.6 Å². The Morgan fingerprint density at radius 1 is 1.22 bits per heavy atom. The molecule has 3 saturated carbocycles. The van der Waals surface area contributed by atoms with Gasteiger partial charge >= 0.3 is 5.97 Å². The van der Waals surface area contributed by atoms with Gasteiger partial charge in [0.15, 0.2) is 0 Å². The fourth-order valence-corrected chi connectivity index (χ4v) is 4.33. The Labute approximate surface area is 106 Å². The van der Waals surface area contributed by atoms with Crippen LogP contribution in [-0.2, 0) is 9.59 Å². The van der Waals surface area contributed by atoms with Gasteiger partial charge in [-0.1, -0.05) is 0 Å². The molecule has 3 rings (SSSR count). The smallest absolute Gasteiger partial charge is 0.326 e. The largest absolute Gasteiger partial charge is 0.480 e. The summed E-state index contributed by atoms with van der Waals surface area (Å²) < 4.78 is 0. The molecule has 5 atom stereocenters. The van der Waals surface area contributed by atoms with Crippen molar-refractivity contribution in [2.75, 3.05) is 6.61 Å². The van der Waals surface area contributed by atoms with Gasteiger partial charge in [-0.05, 0) is 42.9 Å². The highest BCUT2D eigenvalue weighted by Crippen LogP contribution is 2.69. The molecule has 0 aromatic rings. The summed E-state index contributed by atoms with van der Waals surface area (Å²) >= 11 is 0. The number of carbonyl (C=O) groups is 2. The van der Waals surface area contributed by atoms with E-state index in [1.54, 1.807) is 0 Å². The van der Waals surface area contributed by atoms with E-state index in [0.717, 1.165) is 0 Å². The molecule has 0 aromatic heterocycles. The quantitative estimate of drug-likeness (QED) is 0.654. The number of carbonyl (C=O) groups excluding carboxylic acids is 1. The van der Waals surface area contributed by atoms with Crippen molar-refractivity contribution in [3.63, 3.8) is 0 Å². The van der Waals surface area contributed by atoms with E-state index in [1.165, 1.54) is 19.3 Å². The van der Waals surface area contributed by atoms with E-state index in [1.807, 2.05) is 0 Å². The molecule has 18 heavy (non-hydrogen) atoms. The van der Waals surface area contributed by atoms with Crippen molar-refractivity contribution < 1.29 is 19.8 Å². The molecule has 1 amide bonds. The molecule has 3 aliphatic carbocycles. The number of aliphatic carboxylic acids is 1. The van der Waals surface area contributed by atoms with E-state index in [2.05, 4.69) is 5.32 Å². The topological polar surface area (TPSA) is 86.6 Å². The Kier molecular flexibility index (Phi) is 2.81. The molecular weight excluding hydrogens is 234 g/mol. The lowest BCUT2D eigenvalue weighted by Crippen LogP contribution is -2.42. The maximum absolute atomic E-state index is 12.1. The number of hydrogen-bond donors (Lipinski definition) is 3. The van der Waals surface area contributed by atoms with Crippen molar-refractivity contribution in [1.82, 2.24) is 5.32 Å². The number of rotatable bonds is 5. The summed E-state index contributed by atoms with van der Waals surface area (Å²) in [7, 11) is 0. The van der Waals surface area contributed by atoms with E-state index < -0.39 is 12.0 Å². The Bertz CT molecular complexity index is 367. The third-order valence-electron chi connectivity index (χ3n) is 5.07. The van der Waals surface area contributed by atoms with Crippen LogP contribution in [0, 0.1) is 29.6 Å². The van der Waals surface area contributed by atoms with Gasteiger partial charge in [-0.3, -0.25) is 4.79 Å². The van der Waals surface area contributed by atoms with Crippen LogP contribution in [0.2, 0.25) is 0 Å². The van der Waals surface area contributed by atoms with Crippen LogP contribution >= 0.6 is 0 Å². The lowest BCUT2D eigenvalue weighted by Gasteiger charge is -2.15. The summed E-state index contributed by atoms with van der Waals surface area (Å²) in [6.07, 6.45) is 3.84. The number of fused-ring (bicyclic) bond motifs is 5. The van der Waals surface area contributed by atoms with Crippen molar-refractivity contribution in [1.29, 1.82) is 0 Å². The van der Waals surface area contributed by atoms with Crippen molar-refractivity contribution in [3.05, 3.63) is 0 Å². The van der Waals surface area contributed by atoms with E-state index in [9.17, 15) is 9.59 Å². The van der Waals surface area contributed by atoms with Crippen LogP contribution in [0.5, 0.6) is 0 Å². The van der Waals surface area contributed by atoms with E-state index in [4.69, 9.17) is 10.2 Å². The summed E-state index contributed by atoms with van der Waals surface area (Å²) in [4.78, 5) is 23.0. The first-order chi connectivity index (χ1) is 8.63. The molecule has 0 radical (unpaired) electrons. The molecule has 5 heteroatoms. The first kappa shape index (κ1) is 12.0. The second-order valence-electron chi connectivity index (χ2n) is 5.93. The van der Waals surface area contributed by atoms with Crippen molar-refractivity contribution in [3.8, 4) is 0 Å². The lowest BCUT2D eigenvalue weighted by atomic mass is 10.0. The molecule has 3 fully saturated rings. The average molecular weight is 253 g/mol. The summed E-state index contributed by atoms with van der Waals surface area (Å²) in [6, 6.07) is -0.943. The zero-order chi connectivity index (χ0) is 12.9. The molecule has 2 bridgehead atoms. The second-order valence-corrected chi connectivity index (χ2v) is 5.93. The molecule has 0 aliphatic heterocycles. The fourth-order valence-electron chi connectivity index (χ4n) is 4.33. The predicted molar refractivity (Wildman–Crippen MR) is 62.6 cm³/mol. The maximum Gasteiger partial charge on any atom is 0.326 e. The van der Waals surface area contributed by atoms with Gasteiger partial charge in [-0.15, -0.1) is 0 Å². The van der Waals surface area contributed by atoms with Crippen molar-refractivity contribution in [2.45, 2.75) is 31.7 Å². The van der Waals surface area contributed by atoms with Crippen LogP contribution in [0.1, 0.15) is 25.7 Å². The Hall–Kier alpha value is -1.10. The van der Waals surface area contributed by atoms with Gasteiger partial charge in [0.05, 0.1) is 0 Å². The van der Waals surface area contributed by atoms with Gasteiger partial charge in [-0.25, -0.2) is 4.79 Å². The van der Waals surface area contributed by atoms with Gasteiger partial charge in [0.2, 0.25) is 5.91 Å². The molecule has 0 saturated heterocycles. The summed E-state index contributed by atoms with van der Waals surface area (Å²) in [6.45, 7) is -0.222. The van der Waals surface area contributed by atoms with Crippen LogP contribution in [0.4, 0.5) is 0 Å². The third kappa shape index (κ3) is 1.72. The first-order valence-corrected chi connectivity index (χ1v) is 6.77. The van der Waals surface area contributed by atoms with E-state index in [0.29, 0.717) is 23.7 Å². The number of carboxylic acids is 1. The van der Waals surface area contributed by atoms with Gasteiger partial charge in [0.25, 0.3) is 0 Å². The average Bonchev–Trinajstić information content (AvgIpc) is 2.78. The molecule has 0 spiro atoms. The molecule has 3 aliphatic rings. The Morgan fingerprint density at radius 3 is 2.33 bits per heavy atom. The molecule has 5 nitrogen and oxygen atoms in total. The van der Waals surface area contributed by atoms with Gasteiger partial charge in [-0.2, -0.15) is 0 Å². The minimum absolute atomic E-state index is 0.0526. The molecule has 5 unspecified atom stereocenters. The van der Waals surface area contributed by atoms with Crippen LogP contribution < -0.4 is 5.32 Å². The monoisotopic (exact) mass is 253 g/mol. The summed E-state index contributed by atoms with van der Waals surface area (Å²) in [5, 5.41) is 20.3. The van der Waals surface area contributed by atoms with Crippen molar-refractivity contribution >= 4 is 11.9 Å². The standard InChI is InChI=1S/C13H19NO4/c15-4-3-8(13(17)18)14-12(16)11-9-6-1-2-7(5-6)10(9)11/h6-11,15H,1-5H2,(H,14,16)(H,17,18). The molecule has 0 aromatic carbocycles. The van der Waals surface area contributed by atoms with Crippen LogP contribution in [0.25, 0.3) is 0 Å². The summed E-state index contributed by atoms with van der Waals surface area (Å²) in [5.74, 6) is 1.33. The Balaban J connectivity index is 1.58. The fraction of sp³-hybridized carbons (Fsp3) is 0.846. The van der Waals surface area contributed by atoms with Gasteiger partial charge in [0, 0.05) is 18.9 Å². The SMILES string of the molecule is O=C(O)C(CCO)NC(=O)C1C2C3CCC(C3)C12. The zero-order valence-corrected chi connectivity index (χ0v) is 10.2. The number of amides is 1. The number of aliphatic hydroxyl groups is 1. The predicted octanol–water partition coefficient (Wildman–Crippen LogP) is 0.230.